The van der Waals surface area contributed by atoms with Gasteiger partial charge in [0.05, 0.1) is 5.56 Å². The lowest BCUT2D eigenvalue weighted by Gasteiger charge is -2.19. The highest BCUT2D eigenvalue weighted by Crippen LogP contribution is 2.34. The van der Waals surface area contributed by atoms with Crippen LogP contribution in [0.5, 0.6) is 0 Å². The average molecular weight is 308 g/mol. The van der Waals surface area contributed by atoms with Crippen LogP contribution in [0.25, 0.3) is 0 Å². The van der Waals surface area contributed by atoms with Crippen LogP contribution in [0.15, 0.2) is 18.2 Å². The van der Waals surface area contributed by atoms with Gasteiger partial charge < -0.3 is 5.32 Å². The molecule has 0 aliphatic carbocycles. The number of hydrogen-bond donors (Lipinski definition) is 1. The molecule has 0 aliphatic heterocycles. The Bertz CT molecular complexity index is 548. The molecule has 0 saturated carbocycles. The predicted octanol–water partition coefficient (Wildman–Crippen LogP) is 4.07. The number of carbonyl (C=O) groups is 2. The molecule has 1 aromatic rings. The largest absolute Gasteiger partial charge is 0.417 e. The fourth-order valence-corrected chi connectivity index (χ4v) is 1.51. The fourth-order valence-electron chi connectivity index (χ4n) is 1.35. The van der Waals surface area contributed by atoms with Crippen LogP contribution in [0.3, 0.4) is 0 Å². The van der Waals surface area contributed by atoms with E-state index in [1.807, 2.05) is 0 Å². The van der Waals surface area contributed by atoms with Crippen molar-refractivity contribution in [2.45, 2.75) is 26.9 Å². The maximum Gasteiger partial charge on any atom is 0.417 e. The maximum absolute atomic E-state index is 12.8. The number of anilines is 1. The Kier molecular flexibility index (Phi) is 4.49. The molecule has 0 aliphatic rings. The zero-order chi connectivity index (χ0) is 15.7. The summed E-state index contributed by atoms with van der Waals surface area (Å²) in [7, 11) is 0. The van der Waals surface area contributed by atoms with Gasteiger partial charge in [-0.2, -0.15) is 13.2 Å². The molecule has 20 heavy (non-hydrogen) atoms. The summed E-state index contributed by atoms with van der Waals surface area (Å²) in [4.78, 5) is 22.7. The summed E-state index contributed by atoms with van der Waals surface area (Å²) >= 11 is 5.12. The van der Waals surface area contributed by atoms with E-state index in [9.17, 15) is 22.8 Å². The number of rotatable bonds is 2. The first kappa shape index (κ1) is 16.5. The third-order valence-electron chi connectivity index (χ3n) is 2.48. The van der Waals surface area contributed by atoms with Crippen molar-refractivity contribution in [1.29, 1.82) is 0 Å². The van der Waals surface area contributed by atoms with Gasteiger partial charge in [0.15, 0.2) is 0 Å². The second kappa shape index (κ2) is 5.44. The number of carbonyl (C=O) groups excluding carboxylic acids is 2. The monoisotopic (exact) mass is 307 g/mol. The van der Waals surface area contributed by atoms with Crippen LogP contribution in [0.2, 0.25) is 0 Å². The lowest BCUT2D eigenvalue weighted by Crippen LogP contribution is -2.27. The third kappa shape index (κ3) is 3.96. The number of hydrogen-bond acceptors (Lipinski definition) is 2. The van der Waals surface area contributed by atoms with Crippen LogP contribution < -0.4 is 5.32 Å². The molecule has 1 N–H and O–H groups in total. The molecule has 0 atom stereocenters. The number of nitrogens with one attached hydrogen (secondary N) is 1. The van der Waals surface area contributed by atoms with Crippen molar-refractivity contribution >= 4 is 28.4 Å². The quantitative estimate of drug-likeness (QED) is 0.837. The first-order valence-corrected chi connectivity index (χ1v) is 6.03. The summed E-state index contributed by atoms with van der Waals surface area (Å²) in [6.45, 7) is 4.89. The standard InChI is InChI=1S/C13H13ClF3NO2/c1-12(2,3)11(20)18-7-4-5-8(10(14)19)9(6-7)13(15,16)17/h4-6H,1-3H3,(H,18,20). The van der Waals surface area contributed by atoms with Gasteiger partial charge in [-0.1, -0.05) is 20.8 Å². The molecule has 0 unspecified atom stereocenters. The van der Waals surface area contributed by atoms with Crippen LogP contribution in [-0.4, -0.2) is 11.1 Å². The van der Waals surface area contributed by atoms with Crippen LogP contribution in [-0.2, 0) is 11.0 Å². The molecule has 110 valence electrons. The van der Waals surface area contributed by atoms with E-state index in [4.69, 9.17) is 11.6 Å². The number of benzene rings is 1. The molecule has 0 saturated heterocycles. The highest BCUT2D eigenvalue weighted by atomic mass is 35.5. The van der Waals surface area contributed by atoms with Gasteiger partial charge in [-0.3, -0.25) is 9.59 Å². The molecule has 7 heteroatoms. The van der Waals surface area contributed by atoms with Crippen LogP contribution in [0.1, 0.15) is 36.7 Å². The summed E-state index contributed by atoms with van der Waals surface area (Å²) < 4.78 is 38.5. The predicted molar refractivity (Wildman–Crippen MR) is 69.7 cm³/mol. The fraction of sp³-hybridized carbons (Fsp3) is 0.385. The van der Waals surface area contributed by atoms with Gasteiger partial charge in [0, 0.05) is 16.7 Å². The summed E-state index contributed by atoms with van der Waals surface area (Å²) in [6.07, 6.45) is -4.73. The first-order chi connectivity index (χ1) is 8.93. The van der Waals surface area contributed by atoms with E-state index < -0.39 is 33.9 Å². The van der Waals surface area contributed by atoms with Crippen molar-refractivity contribution in [2.75, 3.05) is 5.32 Å². The summed E-state index contributed by atoms with van der Waals surface area (Å²) in [5.41, 5.74) is -2.62. The van der Waals surface area contributed by atoms with E-state index in [1.54, 1.807) is 20.8 Å². The minimum Gasteiger partial charge on any atom is -0.326 e. The Balaban J connectivity index is 3.21. The molecule has 1 aromatic carbocycles. The second-order valence-electron chi connectivity index (χ2n) is 5.24. The van der Waals surface area contributed by atoms with Crippen molar-refractivity contribution < 1.29 is 22.8 Å². The van der Waals surface area contributed by atoms with Gasteiger partial charge in [-0.05, 0) is 29.8 Å². The highest BCUT2D eigenvalue weighted by Gasteiger charge is 2.35. The van der Waals surface area contributed by atoms with Crippen LogP contribution in [0.4, 0.5) is 18.9 Å². The molecule has 0 aromatic heterocycles. The average Bonchev–Trinajstić information content (AvgIpc) is 2.26. The highest BCUT2D eigenvalue weighted by molar-refractivity contribution is 6.68. The van der Waals surface area contributed by atoms with Gasteiger partial charge in [-0.15, -0.1) is 0 Å². The third-order valence-corrected chi connectivity index (χ3v) is 2.68. The molecule has 3 nitrogen and oxygen atoms in total. The molecule has 0 bridgehead atoms. The second-order valence-corrected chi connectivity index (χ2v) is 5.58. The van der Waals surface area contributed by atoms with Crippen molar-refractivity contribution in [3.8, 4) is 0 Å². The molecule has 1 rings (SSSR count). The van der Waals surface area contributed by atoms with E-state index in [0.717, 1.165) is 6.07 Å². The van der Waals surface area contributed by atoms with Gasteiger partial charge in [0.2, 0.25) is 5.91 Å². The Morgan fingerprint density at radius 3 is 2.10 bits per heavy atom. The van der Waals surface area contributed by atoms with Crippen molar-refractivity contribution in [2.24, 2.45) is 5.41 Å². The Morgan fingerprint density at radius 1 is 1.15 bits per heavy atom. The minimum atomic E-state index is -4.73. The van der Waals surface area contributed by atoms with E-state index in [-0.39, 0.29) is 5.69 Å². The van der Waals surface area contributed by atoms with E-state index in [0.29, 0.717) is 6.07 Å². The SMILES string of the molecule is CC(C)(C)C(=O)Nc1ccc(C(=O)Cl)c(C(F)(F)F)c1. The van der Waals surface area contributed by atoms with E-state index in [2.05, 4.69) is 5.32 Å². The molecule has 0 spiro atoms. The molecular weight excluding hydrogens is 295 g/mol. The molecule has 1 amide bonds. The first-order valence-electron chi connectivity index (χ1n) is 5.65. The van der Waals surface area contributed by atoms with E-state index >= 15 is 0 Å². The van der Waals surface area contributed by atoms with Crippen molar-refractivity contribution in [1.82, 2.24) is 0 Å². The lowest BCUT2D eigenvalue weighted by molar-refractivity contribution is -0.137. The summed E-state index contributed by atoms with van der Waals surface area (Å²) in [5, 5.41) is 1.16. The summed E-state index contributed by atoms with van der Waals surface area (Å²) in [5.74, 6) is -0.435. The van der Waals surface area contributed by atoms with Gasteiger partial charge >= 0.3 is 6.18 Å². The zero-order valence-corrected chi connectivity index (χ0v) is 11.8. The minimum absolute atomic E-state index is 0.0427. The number of alkyl halides is 3. The topological polar surface area (TPSA) is 46.2 Å². The maximum atomic E-state index is 12.8. The van der Waals surface area contributed by atoms with Gasteiger partial charge in [0.25, 0.3) is 5.24 Å². The lowest BCUT2D eigenvalue weighted by atomic mass is 9.95. The number of halogens is 4. The molecule has 0 fully saturated rings. The van der Waals surface area contributed by atoms with E-state index in [1.165, 1.54) is 6.07 Å². The Hall–Kier alpha value is -1.56. The van der Waals surface area contributed by atoms with Crippen LogP contribution >= 0.6 is 11.6 Å². The zero-order valence-electron chi connectivity index (χ0n) is 11.1. The van der Waals surface area contributed by atoms with Crippen LogP contribution in [0, 0.1) is 5.41 Å². The smallest absolute Gasteiger partial charge is 0.326 e. The normalized spacial score (nSPS) is 12.2. The Labute approximate surface area is 119 Å². The van der Waals surface area contributed by atoms with Crippen molar-refractivity contribution in [3.05, 3.63) is 29.3 Å². The van der Waals surface area contributed by atoms with Gasteiger partial charge in [0.1, 0.15) is 0 Å². The van der Waals surface area contributed by atoms with Crippen molar-refractivity contribution in [3.63, 3.8) is 0 Å². The molecule has 0 heterocycles. The summed E-state index contributed by atoms with van der Waals surface area (Å²) in [6, 6.07) is 2.84. The molecule has 0 radical (unpaired) electrons. The Morgan fingerprint density at radius 2 is 1.70 bits per heavy atom. The van der Waals surface area contributed by atoms with Gasteiger partial charge in [-0.25, -0.2) is 0 Å². The molecular formula is C13H13ClF3NO2. The number of amides is 1.